The first-order valence-corrected chi connectivity index (χ1v) is 12.5. The van der Waals surface area contributed by atoms with E-state index in [2.05, 4.69) is 10.6 Å². The topological polar surface area (TPSA) is 134 Å². The summed E-state index contributed by atoms with van der Waals surface area (Å²) in [7, 11) is 0. The van der Waals surface area contributed by atoms with Gasteiger partial charge in [0, 0.05) is 5.02 Å². The lowest BCUT2D eigenvalue weighted by Gasteiger charge is -2.33. The van der Waals surface area contributed by atoms with Crippen molar-refractivity contribution in [2.45, 2.75) is 56.6 Å². The maximum absolute atomic E-state index is 14.6. The average molecular weight is 593 g/mol. The van der Waals surface area contributed by atoms with Crippen molar-refractivity contribution < 1.29 is 41.4 Å². The summed E-state index contributed by atoms with van der Waals surface area (Å²) in [5.41, 5.74) is 6.91. The van der Waals surface area contributed by atoms with Crippen LogP contribution in [0.1, 0.15) is 31.0 Å². The Balaban J connectivity index is 2.24. The van der Waals surface area contributed by atoms with Gasteiger partial charge in [-0.3, -0.25) is 14.4 Å². The van der Waals surface area contributed by atoms with Crippen molar-refractivity contribution in [3.05, 3.63) is 70.7 Å². The summed E-state index contributed by atoms with van der Waals surface area (Å²) >= 11 is 5.96. The Kier molecular flexibility index (Phi) is 11.4. The second-order valence-corrected chi connectivity index (χ2v) is 9.87. The smallest absolute Gasteiger partial charge is 0.384 e. The van der Waals surface area contributed by atoms with Crippen LogP contribution >= 0.6 is 11.6 Å². The van der Waals surface area contributed by atoms with Crippen LogP contribution in [0.4, 0.5) is 22.0 Å². The zero-order chi connectivity index (χ0) is 30.3. The van der Waals surface area contributed by atoms with E-state index in [1.54, 1.807) is 42.5 Å². The number of carbonyl (C=O) groups excluding carboxylic acids is 3. The van der Waals surface area contributed by atoms with Gasteiger partial charge in [-0.05, 0) is 35.6 Å². The van der Waals surface area contributed by atoms with Gasteiger partial charge < -0.3 is 26.8 Å². The zero-order valence-electron chi connectivity index (χ0n) is 21.5. The number of nitrogens with one attached hydrogen (secondary N) is 3. The van der Waals surface area contributed by atoms with Crippen LogP contribution in [0.3, 0.4) is 0 Å². The molecule has 0 heterocycles. The third-order valence-electron chi connectivity index (χ3n) is 5.85. The van der Waals surface area contributed by atoms with Crippen LogP contribution in [0.15, 0.2) is 54.6 Å². The molecule has 3 amide bonds. The predicted octanol–water partition coefficient (Wildman–Crippen LogP) is 2.88. The third-order valence-corrected chi connectivity index (χ3v) is 6.09. The summed E-state index contributed by atoms with van der Waals surface area (Å²) in [5.74, 6) is -9.77. The molecular weight excluding hydrogens is 563 g/mol. The van der Waals surface area contributed by atoms with E-state index in [4.69, 9.17) is 17.3 Å². The molecule has 14 heteroatoms. The van der Waals surface area contributed by atoms with Crippen LogP contribution < -0.4 is 21.7 Å². The molecule has 0 fully saturated rings. The lowest BCUT2D eigenvalue weighted by molar-refractivity contribution is -0.175. The van der Waals surface area contributed by atoms with E-state index in [0.29, 0.717) is 10.6 Å². The average Bonchev–Trinajstić information content (AvgIpc) is 2.88. The van der Waals surface area contributed by atoms with Gasteiger partial charge in [0.2, 0.25) is 11.8 Å². The monoisotopic (exact) mass is 592 g/mol. The highest BCUT2D eigenvalue weighted by Gasteiger charge is 2.52. The molecule has 2 aromatic rings. The number of amides is 3. The molecule has 6 N–H and O–H groups in total. The van der Waals surface area contributed by atoms with Crippen molar-refractivity contribution in [2.75, 3.05) is 6.54 Å². The molecule has 2 rings (SSSR count). The first-order valence-electron chi connectivity index (χ1n) is 12.1. The van der Waals surface area contributed by atoms with E-state index in [1.165, 1.54) is 26.0 Å². The van der Waals surface area contributed by atoms with Crippen molar-refractivity contribution in [2.24, 2.45) is 11.7 Å². The number of halogens is 6. The second kappa shape index (κ2) is 13.9. The fourth-order valence-corrected chi connectivity index (χ4v) is 3.93. The van der Waals surface area contributed by atoms with E-state index in [0.717, 1.165) is 5.32 Å². The van der Waals surface area contributed by atoms with Crippen molar-refractivity contribution in [3.8, 4) is 0 Å². The van der Waals surface area contributed by atoms with Gasteiger partial charge in [-0.2, -0.15) is 22.0 Å². The first kappa shape index (κ1) is 32.9. The van der Waals surface area contributed by atoms with Crippen LogP contribution in [0.2, 0.25) is 5.02 Å². The van der Waals surface area contributed by atoms with E-state index >= 15 is 0 Å². The number of carbonyl (C=O) groups is 3. The van der Waals surface area contributed by atoms with Crippen molar-refractivity contribution in [1.82, 2.24) is 16.0 Å². The Labute approximate surface area is 232 Å². The lowest BCUT2D eigenvalue weighted by Crippen LogP contribution is -2.60. The molecule has 0 aliphatic heterocycles. The SMILES string of the molecule is CC(C)[C@H](NC(=O)[C@@H](NC(=O)[C@@H](N)Cc1cccc(Cl)c1)c1ccccc1)C(O)C(F)(F)C(=O)NCC(F)(F)F. The molecule has 2 aromatic carbocycles. The molecule has 0 bridgehead atoms. The molecule has 40 heavy (non-hydrogen) atoms. The summed E-state index contributed by atoms with van der Waals surface area (Å²) in [6, 6.07) is 9.91. The van der Waals surface area contributed by atoms with Gasteiger partial charge in [0.25, 0.3) is 5.91 Å². The van der Waals surface area contributed by atoms with Gasteiger partial charge in [-0.1, -0.05) is 67.9 Å². The number of aliphatic hydroxyl groups is 1. The van der Waals surface area contributed by atoms with Crippen LogP contribution in [0.25, 0.3) is 0 Å². The first-order chi connectivity index (χ1) is 18.5. The van der Waals surface area contributed by atoms with Crippen LogP contribution in [0, 0.1) is 5.92 Å². The number of alkyl halides is 5. The molecule has 0 aliphatic carbocycles. The van der Waals surface area contributed by atoms with E-state index in [1.807, 2.05) is 0 Å². The minimum atomic E-state index is -4.96. The summed E-state index contributed by atoms with van der Waals surface area (Å²) in [4.78, 5) is 38.0. The van der Waals surface area contributed by atoms with Crippen molar-refractivity contribution >= 4 is 29.3 Å². The Morgan fingerprint density at radius 1 is 0.950 bits per heavy atom. The van der Waals surface area contributed by atoms with Crippen molar-refractivity contribution in [1.29, 1.82) is 0 Å². The van der Waals surface area contributed by atoms with E-state index < -0.39 is 66.5 Å². The molecular formula is C26H30ClF5N4O4. The van der Waals surface area contributed by atoms with Gasteiger partial charge in [0.1, 0.15) is 18.7 Å². The van der Waals surface area contributed by atoms with Crippen LogP contribution in [-0.4, -0.2) is 59.7 Å². The molecule has 0 spiro atoms. The molecule has 0 radical (unpaired) electrons. The number of benzene rings is 2. The summed E-state index contributed by atoms with van der Waals surface area (Å²) in [6.45, 7) is 0.647. The maximum atomic E-state index is 14.6. The highest BCUT2D eigenvalue weighted by Crippen LogP contribution is 2.26. The second-order valence-electron chi connectivity index (χ2n) is 9.44. The summed E-state index contributed by atoms with van der Waals surface area (Å²) < 4.78 is 66.5. The Hall–Kier alpha value is -3.29. The van der Waals surface area contributed by atoms with Gasteiger partial charge in [-0.25, -0.2) is 0 Å². The number of nitrogens with two attached hydrogens (primary N) is 1. The fraction of sp³-hybridized carbons (Fsp3) is 0.423. The van der Waals surface area contributed by atoms with Gasteiger partial charge in [0.05, 0.1) is 12.1 Å². The highest BCUT2D eigenvalue weighted by atomic mass is 35.5. The molecule has 220 valence electrons. The van der Waals surface area contributed by atoms with Gasteiger partial charge in [0.15, 0.2) is 0 Å². The minimum absolute atomic E-state index is 0.0577. The Morgan fingerprint density at radius 3 is 2.12 bits per heavy atom. The third kappa shape index (κ3) is 9.42. The Bertz CT molecular complexity index is 1170. The molecule has 4 atom stereocenters. The predicted molar refractivity (Wildman–Crippen MR) is 137 cm³/mol. The summed E-state index contributed by atoms with van der Waals surface area (Å²) in [5, 5.41) is 16.5. The quantitative estimate of drug-likeness (QED) is 0.242. The van der Waals surface area contributed by atoms with Gasteiger partial charge in [-0.15, -0.1) is 0 Å². The normalized spacial score (nSPS) is 15.1. The number of rotatable bonds is 12. The standard InChI is InChI=1S/C26H30ClF5N4O4/c1-14(2)19(21(37)26(31,32)24(40)34-13-25(28,29)30)35-23(39)20(16-8-4-3-5-9-16)36-22(38)18(33)12-15-7-6-10-17(27)11-15/h3-11,14,18-21,37H,12-13,33H2,1-2H3,(H,34,40)(H,35,39)(H,36,38)/t18-,19-,20-,21?/m0/s1. The molecule has 8 nitrogen and oxygen atoms in total. The van der Waals surface area contributed by atoms with E-state index in [9.17, 15) is 41.4 Å². The minimum Gasteiger partial charge on any atom is -0.384 e. The Morgan fingerprint density at radius 2 is 1.57 bits per heavy atom. The molecule has 0 aromatic heterocycles. The molecule has 1 unspecified atom stereocenters. The molecule has 0 aliphatic rings. The number of hydrogen-bond acceptors (Lipinski definition) is 5. The highest BCUT2D eigenvalue weighted by molar-refractivity contribution is 6.30. The van der Waals surface area contributed by atoms with Crippen LogP contribution in [-0.2, 0) is 20.8 Å². The van der Waals surface area contributed by atoms with Gasteiger partial charge >= 0.3 is 12.1 Å². The number of hydrogen-bond donors (Lipinski definition) is 5. The largest absolute Gasteiger partial charge is 0.405 e. The maximum Gasteiger partial charge on any atom is 0.405 e. The summed E-state index contributed by atoms with van der Waals surface area (Å²) in [6.07, 6.45) is -7.80. The van der Waals surface area contributed by atoms with Crippen LogP contribution in [0.5, 0.6) is 0 Å². The molecule has 0 saturated heterocycles. The van der Waals surface area contributed by atoms with E-state index in [-0.39, 0.29) is 12.0 Å². The zero-order valence-corrected chi connectivity index (χ0v) is 22.3. The number of aliphatic hydroxyl groups excluding tert-OH is 1. The van der Waals surface area contributed by atoms with Crippen molar-refractivity contribution in [3.63, 3.8) is 0 Å². The fourth-order valence-electron chi connectivity index (χ4n) is 3.72. The lowest BCUT2D eigenvalue weighted by atomic mass is 9.93. The molecule has 0 saturated carbocycles.